The van der Waals surface area contributed by atoms with Gasteiger partial charge in [0, 0.05) is 26.7 Å². The van der Waals surface area contributed by atoms with E-state index in [1.54, 1.807) is 14.2 Å². The number of hydrogen-bond donors (Lipinski definition) is 1. The van der Waals surface area contributed by atoms with E-state index in [9.17, 15) is 4.79 Å². The van der Waals surface area contributed by atoms with Crippen LogP contribution in [0.2, 0.25) is 0 Å². The fourth-order valence-corrected chi connectivity index (χ4v) is 3.10. The summed E-state index contributed by atoms with van der Waals surface area (Å²) in [7, 11) is 3.33. The summed E-state index contributed by atoms with van der Waals surface area (Å²) in [6, 6.07) is 0.0722. The van der Waals surface area contributed by atoms with Gasteiger partial charge in [-0.05, 0) is 32.2 Å². The Morgan fingerprint density at radius 2 is 2.00 bits per heavy atom. The van der Waals surface area contributed by atoms with E-state index in [1.807, 2.05) is 11.8 Å². The number of nitrogens with zero attached hydrogens (tertiary/aromatic N) is 1. The summed E-state index contributed by atoms with van der Waals surface area (Å²) < 4.78 is 10.3. The predicted molar refractivity (Wildman–Crippen MR) is 79.4 cm³/mol. The molecule has 0 saturated heterocycles. The Balaban J connectivity index is 2.73. The van der Waals surface area contributed by atoms with Crippen molar-refractivity contribution in [3.05, 3.63) is 0 Å². The summed E-state index contributed by atoms with van der Waals surface area (Å²) >= 11 is 0. The second-order valence-corrected chi connectivity index (χ2v) is 5.72. The molecule has 1 aliphatic carbocycles. The molecular formula is C15H30N2O3. The van der Waals surface area contributed by atoms with E-state index < -0.39 is 0 Å². The largest absolute Gasteiger partial charge is 0.383 e. The highest BCUT2D eigenvalue weighted by Gasteiger charge is 2.34. The fraction of sp³-hybridized carbons (Fsp3) is 0.933. The normalized spacial score (nSPS) is 24.4. The molecule has 0 radical (unpaired) electrons. The van der Waals surface area contributed by atoms with Crippen LogP contribution in [0.15, 0.2) is 0 Å². The van der Waals surface area contributed by atoms with Crippen LogP contribution in [-0.4, -0.2) is 57.4 Å². The Morgan fingerprint density at radius 3 is 2.60 bits per heavy atom. The first-order chi connectivity index (χ1) is 9.65. The molecule has 0 heterocycles. The highest BCUT2D eigenvalue weighted by molar-refractivity contribution is 5.79. The van der Waals surface area contributed by atoms with Crippen LogP contribution in [0.4, 0.5) is 0 Å². The highest BCUT2D eigenvalue weighted by Crippen LogP contribution is 2.31. The van der Waals surface area contributed by atoms with Crippen LogP contribution < -0.4 is 5.73 Å². The van der Waals surface area contributed by atoms with E-state index in [1.165, 1.54) is 6.42 Å². The number of hydrogen-bond acceptors (Lipinski definition) is 4. The zero-order chi connectivity index (χ0) is 15.0. The van der Waals surface area contributed by atoms with E-state index in [0.717, 1.165) is 19.3 Å². The first kappa shape index (κ1) is 17.4. The van der Waals surface area contributed by atoms with E-state index >= 15 is 0 Å². The Morgan fingerprint density at radius 1 is 1.30 bits per heavy atom. The van der Waals surface area contributed by atoms with E-state index in [2.05, 4.69) is 0 Å². The Bertz CT molecular complexity index is 286. The number of rotatable bonds is 8. The van der Waals surface area contributed by atoms with Gasteiger partial charge in [0.25, 0.3) is 0 Å². The second kappa shape index (κ2) is 9.32. The van der Waals surface area contributed by atoms with Gasteiger partial charge in [-0.2, -0.15) is 0 Å². The maximum Gasteiger partial charge on any atom is 0.226 e. The Kier molecular flexibility index (Phi) is 8.11. The van der Waals surface area contributed by atoms with Crippen molar-refractivity contribution in [1.82, 2.24) is 4.90 Å². The molecule has 0 aromatic rings. The third-order valence-corrected chi connectivity index (χ3v) is 4.29. The number of methoxy groups -OCH3 is 2. The third-order valence-electron chi connectivity index (χ3n) is 4.29. The SMILES string of the molecule is COCCN(C(=O)C1CCCCC1CN)C(C)COC. The van der Waals surface area contributed by atoms with Crippen LogP contribution in [0.1, 0.15) is 32.6 Å². The molecule has 1 saturated carbocycles. The van der Waals surface area contributed by atoms with Crippen molar-refractivity contribution in [2.45, 2.75) is 38.6 Å². The fourth-order valence-electron chi connectivity index (χ4n) is 3.10. The molecule has 118 valence electrons. The molecule has 20 heavy (non-hydrogen) atoms. The van der Waals surface area contributed by atoms with Crippen LogP contribution in [0, 0.1) is 11.8 Å². The van der Waals surface area contributed by atoms with Gasteiger partial charge < -0.3 is 20.1 Å². The van der Waals surface area contributed by atoms with Gasteiger partial charge in [-0.25, -0.2) is 0 Å². The van der Waals surface area contributed by atoms with Crippen molar-refractivity contribution in [2.75, 3.05) is 40.5 Å². The zero-order valence-corrected chi connectivity index (χ0v) is 13.1. The van der Waals surface area contributed by atoms with Gasteiger partial charge in [-0.1, -0.05) is 12.8 Å². The average molecular weight is 286 g/mol. The topological polar surface area (TPSA) is 64.8 Å². The highest BCUT2D eigenvalue weighted by atomic mass is 16.5. The molecule has 3 unspecified atom stereocenters. The molecule has 2 N–H and O–H groups in total. The second-order valence-electron chi connectivity index (χ2n) is 5.72. The van der Waals surface area contributed by atoms with Gasteiger partial charge >= 0.3 is 0 Å². The summed E-state index contributed by atoms with van der Waals surface area (Å²) in [6.45, 7) is 4.35. The van der Waals surface area contributed by atoms with Crippen LogP contribution in [-0.2, 0) is 14.3 Å². The standard InChI is InChI=1S/C15H30N2O3/c1-12(11-20-3)17(8-9-19-2)15(18)14-7-5-4-6-13(14)10-16/h12-14H,4-11,16H2,1-3H3. The Hall–Kier alpha value is -0.650. The minimum absolute atomic E-state index is 0.0722. The van der Waals surface area contributed by atoms with Crippen LogP contribution in [0.3, 0.4) is 0 Å². The molecule has 0 spiro atoms. The zero-order valence-electron chi connectivity index (χ0n) is 13.1. The third kappa shape index (κ3) is 4.72. The molecule has 1 fully saturated rings. The van der Waals surface area contributed by atoms with Crippen molar-refractivity contribution in [1.29, 1.82) is 0 Å². The van der Waals surface area contributed by atoms with Gasteiger partial charge in [-0.3, -0.25) is 4.79 Å². The van der Waals surface area contributed by atoms with Crippen molar-refractivity contribution >= 4 is 5.91 Å². The molecule has 5 heteroatoms. The number of carbonyl (C=O) groups excluding carboxylic acids is 1. The first-order valence-corrected chi connectivity index (χ1v) is 7.64. The quantitative estimate of drug-likeness (QED) is 0.729. The van der Waals surface area contributed by atoms with E-state index in [4.69, 9.17) is 15.2 Å². The van der Waals surface area contributed by atoms with Crippen molar-refractivity contribution in [3.8, 4) is 0 Å². The molecule has 0 aromatic carbocycles. The van der Waals surface area contributed by atoms with Gasteiger partial charge in [0.1, 0.15) is 0 Å². The summed E-state index contributed by atoms with van der Waals surface area (Å²) in [5.74, 6) is 0.628. The summed E-state index contributed by atoms with van der Waals surface area (Å²) in [4.78, 5) is 14.8. The smallest absolute Gasteiger partial charge is 0.226 e. The number of carbonyl (C=O) groups is 1. The molecule has 0 aromatic heterocycles. The molecule has 0 bridgehead atoms. The molecular weight excluding hydrogens is 256 g/mol. The van der Waals surface area contributed by atoms with Crippen LogP contribution in [0.25, 0.3) is 0 Å². The minimum atomic E-state index is 0.0722. The van der Waals surface area contributed by atoms with Crippen molar-refractivity contribution in [2.24, 2.45) is 17.6 Å². The van der Waals surface area contributed by atoms with Gasteiger partial charge in [-0.15, -0.1) is 0 Å². The van der Waals surface area contributed by atoms with E-state index in [0.29, 0.717) is 32.2 Å². The number of nitrogens with two attached hydrogens (primary N) is 1. The van der Waals surface area contributed by atoms with Gasteiger partial charge in [0.2, 0.25) is 5.91 Å². The maximum atomic E-state index is 12.8. The van der Waals surface area contributed by atoms with Crippen molar-refractivity contribution in [3.63, 3.8) is 0 Å². The predicted octanol–water partition coefficient (Wildman–Crippen LogP) is 1.26. The van der Waals surface area contributed by atoms with Gasteiger partial charge in [0.15, 0.2) is 0 Å². The summed E-state index contributed by atoms with van der Waals surface area (Å²) in [6.07, 6.45) is 4.36. The average Bonchev–Trinajstić information content (AvgIpc) is 2.47. The molecule has 5 nitrogen and oxygen atoms in total. The lowest BCUT2D eigenvalue weighted by molar-refractivity contribution is -0.142. The van der Waals surface area contributed by atoms with E-state index in [-0.39, 0.29) is 17.9 Å². The minimum Gasteiger partial charge on any atom is -0.383 e. The summed E-state index contributed by atoms with van der Waals surface area (Å²) in [5, 5.41) is 0. The lowest BCUT2D eigenvalue weighted by atomic mass is 9.78. The van der Waals surface area contributed by atoms with Crippen molar-refractivity contribution < 1.29 is 14.3 Å². The molecule has 1 rings (SSSR count). The lowest BCUT2D eigenvalue weighted by Gasteiger charge is -2.36. The lowest BCUT2D eigenvalue weighted by Crippen LogP contribution is -2.48. The molecule has 3 atom stereocenters. The maximum absolute atomic E-state index is 12.8. The van der Waals surface area contributed by atoms with Gasteiger partial charge in [0.05, 0.1) is 19.3 Å². The Labute approximate surface area is 122 Å². The monoisotopic (exact) mass is 286 g/mol. The molecule has 1 amide bonds. The first-order valence-electron chi connectivity index (χ1n) is 7.64. The number of amides is 1. The molecule has 1 aliphatic rings. The number of ether oxygens (including phenoxy) is 2. The summed E-state index contributed by atoms with van der Waals surface area (Å²) in [5.41, 5.74) is 5.85. The molecule has 0 aliphatic heterocycles. The van der Waals surface area contributed by atoms with Crippen LogP contribution >= 0.6 is 0 Å². The van der Waals surface area contributed by atoms with Crippen LogP contribution in [0.5, 0.6) is 0 Å².